The third kappa shape index (κ3) is 6.97. The second kappa shape index (κ2) is 15.5. The van der Waals surface area contributed by atoms with Crippen LogP contribution in [0.2, 0.25) is 0 Å². The zero-order valence-corrected chi connectivity index (χ0v) is 46.9. The van der Waals surface area contributed by atoms with Crippen molar-refractivity contribution in [2.24, 2.45) is 0 Å². The fraction of sp³-hybridized carbons (Fsp3) is 0.391. The molecule has 7 aromatic carbocycles. The molecule has 1 aliphatic carbocycles. The van der Waals surface area contributed by atoms with Crippen LogP contribution >= 0.6 is 0 Å². The van der Waals surface area contributed by atoms with Crippen LogP contribution in [0.4, 0.5) is 28.4 Å². The monoisotopic (exact) mass is 960 g/mol. The highest BCUT2D eigenvalue weighted by Gasteiger charge is 2.59. The smallest absolute Gasteiger partial charge is 0.247 e. The lowest BCUT2D eigenvalue weighted by atomic mass is 9.29. The van der Waals surface area contributed by atoms with Gasteiger partial charge in [0.25, 0.3) is 0 Å². The van der Waals surface area contributed by atoms with E-state index >= 15 is 0 Å². The Morgan fingerprint density at radius 3 is 1.56 bits per heavy atom. The Kier molecular flexibility index (Phi) is 10.2. The number of anilines is 5. The van der Waals surface area contributed by atoms with Gasteiger partial charge >= 0.3 is 0 Å². The minimum absolute atomic E-state index is 0.0279. The SMILES string of the molecule is CC(C)(C)c1ccc(N2c3cc4c(cc3B3c5cc6c(cc5C(C)(C)c5cc(C(C)(C)C)cc2c53)N(c2ccc(C(C)(C)C)cc2)C2(C)CCCCC62C)c2ccccc2n4-c2ccc(C(C)(C)C)cc2)cc1. The minimum Gasteiger partial charge on any atom is -0.334 e. The van der Waals surface area contributed by atoms with Crippen LogP contribution < -0.4 is 26.2 Å². The van der Waals surface area contributed by atoms with E-state index in [-0.39, 0.29) is 44.7 Å². The van der Waals surface area contributed by atoms with Gasteiger partial charge in [0.05, 0.1) is 16.6 Å². The summed E-state index contributed by atoms with van der Waals surface area (Å²) in [5, 5.41) is 2.59. The number of hydrogen-bond acceptors (Lipinski definition) is 2. The van der Waals surface area contributed by atoms with Gasteiger partial charge < -0.3 is 14.4 Å². The third-order valence-electron chi connectivity index (χ3n) is 18.8. The standard InChI is InChI=1S/C69H78BN3/c1-63(2,3)43-23-29-47(30-24-43)71-57-22-18-17-21-50(57)51-39-56-60(42-58(51)71)72(48-31-25-44(26-32-48)64(4,5)6)61-38-46(66(10,11)12)37-54-62(61)70(56)55-40-53-59(41-52(55)67(54,13)14)73(69(16)36-20-19-35-68(53,69)15)49-33-27-45(28-34-49)65(7,8)9/h17-18,21-34,37-42H,19-20,35-36H2,1-16H3. The van der Waals surface area contributed by atoms with Gasteiger partial charge in [0.2, 0.25) is 6.71 Å². The molecule has 1 aromatic heterocycles. The molecule has 2 unspecified atom stereocenters. The third-order valence-corrected chi connectivity index (χ3v) is 18.8. The van der Waals surface area contributed by atoms with E-state index in [1.165, 1.54) is 137 Å². The molecular weight excluding hydrogens is 882 g/mol. The first-order valence-electron chi connectivity index (χ1n) is 27.6. The Bertz CT molecular complexity index is 3540. The van der Waals surface area contributed by atoms with Gasteiger partial charge in [-0.15, -0.1) is 0 Å². The number of hydrogen-bond donors (Lipinski definition) is 0. The van der Waals surface area contributed by atoms with E-state index in [0.717, 1.165) is 0 Å². The number of para-hydroxylation sites is 1. The van der Waals surface area contributed by atoms with E-state index in [2.05, 4.69) is 259 Å². The van der Waals surface area contributed by atoms with Crippen LogP contribution in [-0.4, -0.2) is 16.8 Å². The maximum absolute atomic E-state index is 2.81. The molecule has 2 atom stereocenters. The Morgan fingerprint density at radius 1 is 0.425 bits per heavy atom. The molecule has 0 radical (unpaired) electrons. The molecule has 4 aliphatic rings. The first kappa shape index (κ1) is 48.0. The van der Waals surface area contributed by atoms with E-state index in [9.17, 15) is 0 Å². The van der Waals surface area contributed by atoms with Crippen LogP contribution in [0.1, 0.15) is 175 Å². The zero-order chi connectivity index (χ0) is 51.7. The molecule has 372 valence electrons. The van der Waals surface area contributed by atoms with Crippen LogP contribution in [0.25, 0.3) is 27.5 Å². The quantitative estimate of drug-likeness (QED) is 0.164. The summed E-state index contributed by atoms with van der Waals surface area (Å²) in [5.74, 6) is 0. The summed E-state index contributed by atoms with van der Waals surface area (Å²) >= 11 is 0. The molecular formula is C69H78BN3. The van der Waals surface area contributed by atoms with Crippen molar-refractivity contribution in [2.45, 2.75) is 174 Å². The summed E-state index contributed by atoms with van der Waals surface area (Å²) in [4.78, 5) is 5.47. The molecule has 0 bridgehead atoms. The van der Waals surface area contributed by atoms with E-state index in [1.54, 1.807) is 0 Å². The highest BCUT2D eigenvalue weighted by Crippen LogP contribution is 2.62. The van der Waals surface area contributed by atoms with Crippen molar-refractivity contribution in [1.82, 2.24) is 4.57 Å². The average Bonchev–Trinajstić information content (AvgIpc) is 3.75. The van der Waals surface area contributed by atoms with Crippen molar-refractivity contribution >= 4 is 73.3 Å². The summed E-state index contributed by atoms with van der Waals surface area (Å²) in [7, 11) is 0. The maximum Gasteiger partial charge on any atom is 0.247 e. The lowest BCUT2D eigenvalue weighted by Crippen LogP contribution is -2.64. The molecule has 0 N–H and O–H groups in total. The Hall–Kier alpha value is -6.00. The molecule has 0 spiro atoms. The molecule has 0 amide bonds. The largest absolute Gasteiger partial charge is 0.334 e. The van der Waals surface area contributed by atoms with Crippen molar-refractivity contribution in [3.8, 4) is 5.69 Å². The second-order valence-electron chi connectivity index (χ2n) is 27.9. The van der Waals surface area contributed by atoms with Gasteiger partial charge in [-0.25, -0.2) is 0 Å². The number of aromatic nitrogens is 1. The molecule has 3 nitrogen and oxygen atoms in total. The summed E-state index contributed by atoms with van der Waals surface area (Å²) in [6.07, 6.45) is 4.86. The number of fused-ring (bicyclic) bond motifs is 10. The van der Waals surface area contributed by atoms with Crippen molar-refractivity contribution in [3.63, 3.8) is 0 Å². The second-order valence-corrected chi connectivity index (χ2v) is 27.9. The molecule has 3 aliphatic heterocycles. The summed E-state index contributed by atoms with van der Waals surface area (Å²) < 4.78 is 2.53. The van der Waals surface area contributed by atoms with Gasteiger partial charge in [-0.3, -0.25) is 0 Å². The van der Waals surface area contributed by atoms with E-state index < -0.39 is 0 Å². The van der Waals surface area contributed by atoms with Crippen molar-refractivity contribution in [1.29, 1.82) is 0 Å². The van der Waals surface area contributed by atoms with Crippen LogP contribution in [-0.2, 0) is 32.5 Å². The zero-order valence-electron chi connectivity index (χ0n) is 46.9. The van der Waals surface area contributed by atoms with Crippen LogP contribution in [0.15, 0.2) is 133 Å². The molecule has 0 saturated heterocycles. The minimum atomic E-state index is -0.290. The lowest BCUT2D eigenvalue weighted by molar-refractivity contribution is 0.195. The molecule has 8 aromatic rings. The molecule has 1 saturated carbocycles. The average molecular weight is 960 g/mol. The predicted octanol–water partition coefficient (Wildman–Crippen LogP) is 16.7. The van der Waals surface area contributed by atoms with E-state index in [4.69, 9.17) is 0 Å². The fourth-order valence-electron chi connectivity index (χ4n) is 14.1. The highest BCUT2D eigenvalue weighted by molar-refractivity contribution is 6.99. The lowest BCUT2D eigenvalue weighted by Gasteiger charge is -2.50. The van der Waals surface area contributed by atoms with Gasteiger partial charge in [-0.2, -0.15) is 0 Å². The molecule has 73 heavy (non-hydrogen) atoms. The molecule has 12 rings (SSSR count). The first-order chi connectivity index (χ1) is 34.2. The fourth-order valence-corrected chi connectivity index (χ4v) is 14.1. The first-order valence-corrected chi connectivity index (χ1v) is 27.6. The number of rotatable bonds is 3. The molecule has 4 heterocycles. The maximum atomic E-state index is 2.81. The van der Waals surface area contributed by atoms with Gasteiger partial charge in [0.1, 0.15) is 0 Å². The summed E-state index contributed by atoms with van der Waals surface area (Å²) in [5.41, 5.74) is 24.1. The summed E-state index contributed by atoms with van der Waals surface area (Å²) in [6.45, 7) is 38.4. The topological polar surface area (TPSA) is 11.4 Å². The van der Waals surface area contributed by atoms with Gasteiger partial charge in [-0.1, -0.05) is 195 Å². The van der Waals surface area contributed by atoms with Gasteiger partial charge in [0.15, 0.2) is 0 Å². The van der Waals surface area contributed by atoms with Crippen molar-refractivity contribution in [3.05, 3.63) is 172 Å². The number of benzene rings is 7. The Labute approximate surface area is 438 Å². The summed E-state index contributed by atoms with van der Waals surface area (Å²) in [6, 6.07) is 53.5. The van der Waals surface area contributed by atoms with Crippen molar-refractivity contribution < 1.29 is 0 Å². The van der Waals surface area contributed by atoms with Crippen LogP contribution in [0, 0.1) is 0 Å². The normalized spacial score (nSPS) is 20.2. The van der Waals surface area contributed by atoms with E-state index in [0.29, 0.717) is 0 Å². The highest BCUT2D eigenvalue weighted by atomic mass is 15.3. The van der Waals surface area contributed by atoms with Gasteiger partial charge in [-0.05, 0) is 152 Å². The number of nitrogens with zero attached hydrogens (tertiary/aromatic N) is 3. The van der Waals surface area contributed by atoms with Crippen LogP contribution in [0.3, 0.4) is 0 Å². The molecule has 4 heteroatoms. The Balaban J connectivity index is 1.18. The Morgan fingerprint density at radius 2 is 0.973 bits per heavy atom. The van der Waals surface area contributed by atoms with E-state index in [1.807, 2.05) is 0 Å². The van der Waals surface area contributed by atoms with Gasteiger partial charge in [0, 0.05) is 55.7 Å². The molecule has 1 fully saturated rings. The van der Waals surface area contributed by atoms with Crippen LogP contribution in [0.5, 0.6) is 0 Å². The van der Waals surface area contributed by atoms with Crippen molar-refractivity contribution in [2.75, 3.05) is 9.80 Å². The predicted molar refractivity (Wildman–Crippen MR) is 316 cm³/mol.